The van der Waals surface area contributed by atoms with Crippen LogP contribution in [0.5, 0.6) is 0 Å². The average Bonchev–Trinajstić information content (AvgIpc) is 2.25. The highest BCUT2D eigenvalue weighted by Gasteiger charge is 2.01. The van der Waals surface area contributed by atoms with E-state index in [1.165, 1.54) is 6.08 Å². The molecule has 2 rings (SSSR count). The van der Waals surface area contributed by atoms with Crippen LogP contribution in [-0.2, 0) is 0 Å². The number of hydrogen-bond donors (Lipinski definition) is 0. The summed E-state index contributed by atoms with van der Waals surface area (Å²) >= 11 is 0. The molecule has 0 amide bonds. The van der Waals surface area contributed by atoms with E-state index < -0.39 is 4.92 Å². The Kier molecular flexibility index (Phi) is 2.64. The lowest BCUT2D eigenvalue weighted by atomic mass is 10.1. The summed E-state index contributed by atoms with van der Waals surface area (Å²) in [6.07, 6.45) is 2.44. The Morgan fingerprint density at radius 1 is 1.38 bits per heavy atom. The first-order chi connectivity index (χ1) is 7.66. The van der Waals surface area contributed by atoms with Crippen molar-refractivity contribution in [3.05, 3.63) is 57.9 Å². The van der Waals surface area contributed by atoms with E-state index in [1.54, 1.807) is 0 Å². The van der Waals surface area contributed by atoms with Crippen LogP contribution in [0.2, 0.25) is 0 Å². The fraction of sp³-hybridized carbons (Fsp3) is 0.0833. The zero-order valence-electron chi connectivity index (χ0n) is 8.75. The molecule has 1 heterocycles. The Bertz CT molecular complexity index is 576. The van der Waals surface area contributed by atoms with Gasteiger partial charge >= 0.3 is 0 Å². The van der Waals surface area contributed by atoms with Crippen molar-refractivity contribution in [2.75, 3.05) is 0 Å². The van der Waals surface area contributed by atoms with E-state index in [0.29, 0.717) is 0 Å². The highest BCUT2D eigenvalue weighted by molar-refractivity contribution is 5.87. The second kappa shape index (κ2) is 4.10. The molecule has 0 radical (unpaired) electrons. The van der Waals surface area contributed by atoms with Gasteiger partial charge in [-0.2, -0.15) is 0 Å². The summed E-state index contributed by atoms with van der Waals surface area (Å²) in [6, 6.07) is 9.42. The summed E-state index contributed by atoms with van der Waals surface area (Å²) < 4.78 is 0. The minimum absolute atomic E-state index is 0.468. The van der Waals surface area contributed by atoms with Crippen LogP contribution in [0.15, 0.2) is 36.5 Å². The molecule has 0 aliphatic rings. The molecule has 80 valence electrons. The second-order valence-electron chi connectivity index (χ2n) is 3.47. The van der Waals surface area contributed by atoms with E-state index in [9.17, 15) is 10.1 Å². The summed E-state index contributed by atoms with van der Waals surface area (Å²) in [6.45, 7) is 1.87. The van der Waals surface area contributed by atoms with Crippen LogP contribution in [0.3, 0.4) is 0 Å². The molecule has 4 heteroatoms. The summed E-state index contributed by atoms with van der Waals surface area (Å²) in [5, 5.41) is 11.2. The maximum absolute atomic E-state index is 10.3. The standard InChI is InChI=1S/C12H10N2O2/c1-9-8-10(6-7-14(15)16)11-4-2-3-5-12(11)13-9/h2-8H,1H3. The topological polar surface area (TPSA) is 56.0 Å². The van der Waals surface area contributed by atoms with Crippen LogP contribution in [0.1, 0.15) is 11.3 Å². The van der Waals surface area contributed by atoms with Crippen molar-refractivity contribution in [1.29, 1.82) is 0 Å². The van der Waals surface area contributed by atoms with Crippen LogP contribution in [0, 0.1) is 17.0 Å². The largest absolute Gasteiger partial charge is 0.259 e. The van der Waals surface area contributed by atoms with Gasteiger partial charge in [0.15, 0.2) is 0 Å². The molecule has 0 spiro atoms. The van der Waals surface area contributed by atoms with Gasteiger partial charge in [0, 0.05) is 17.2 Å². The van der Waals surface area contributed by atoms with Crippen molar-refractivity contribution in [3.63, 3.8) is 0 Å². The van der Waals surface area contributed by atoms with E-state index in [0.717, 1.165) is 28.4 Å². The van der Waals surface area contributed by atoms with Gasteiger partial charge in [0.25, 0.3) is 0 Å². The van der Waals surface area contributed by atoms with Crippen LogP contribution >= 0.6 is 0 Å². The quantitative estimate of drug-likeness (QED) is 0.570. The predicted octanol–water partition coefficient (Wildman–Crippen LogP) is 2.79. The SMILES string of the molecule is Cc1cc(C=C[N+](=O)[O-])c2ccccc2n1. The lowest BCUT2D eigenvalue weighted by molar-refractivity contribution is -0.400. The van der Waals surface area contributed by atoms with Gasteiger partial charge < -0.3 is 0 Å². The van der Waals surface area contributed by atoms with Crippen molar-refractivity contribution < 1.29 is 4.92 Å². The number of aryl methyl sites for hydroxylation is 1. The molecule has 0 fully saturated rings. The maximum Gasteiger partial charge on any atom is 0.235 e. The molecule has 0 saturated heterocycles. The number of hydrogen-bond acceptors (Lipinski definition) is 3. The van der Waals surface area contributed by atoms with Crippen LogP contribution < -0.4 is 0 Å². The molecule has 0 bridgehead atoms. The van der Waals surface area contributed by atoms with Gasteiger partial charge in [0.2, 0.25) is 6.20 Å². The molecular formula is C12H10N2O2. The first-order valence-corrected chi connectivity index (χ1v) is 4.85. The van der Waals surface area contributed by atoms with Gasteiger partial charge in [-0.05, 0) is 24.6 Å². The number of nitro groups is 1. The van der Waals surface area contributed by atoms with Gasteiger partial charge in [-0.1, -0.05) is 18.2 Å². The van der Waals surface area contributed by atoms with Crippen LogP contribution in [0.25, 0.3) is 17.0 Å². The average molecular weight is 214 g/mol. The van der Waals surface area contributed by atoms with Crippen molar-refractivity contribution in [2.24, 2.45) is 0 Å². The van der Waals surface area contributed by atoms with E-state index in [-0.39, 0.29) is 0 Å². The third kappa shape index (κ3) is 2.06. The predicted molar refractivity (Wildman–Crippen MR) is 62.5 cm³/mol. The van der Waals surface area contributed by atoms with Gasteiger partial charge in [-0.25, -0.2) is 0 Å². The number of benzene rings is 1. The monoisotopic (exact) mass is 214 g/mol. The zero-order valence-corrected chi connectivity index (χ0v) is 8.75. The van der Waals surface area contributed by atoms with Crippen LogP contribution in [-0.4, -0.2) is 9.91 Å². The molecule has 0 N–H and O–H groups in total. The number of aromatic nitrogens is 1. The molecule has 2 aromatic rings. The van der Waals surface area contributed by atoms with Crippen molar-refractivity contribution in [1.82, 2.24) is 4.98 Å². The molecule has 0 aliphatic heterocycles. The fourth-order valence-corrected chi connectivity index (χ4v) is 1.62. The van der Waals surface area contributed by atoms with Gasteiger partial charge in [-0.3, -0.25) is 15.1 Å². The highest BCUT2D eigenvalue weighted by atomic mass is 16.6. The Balaban J connectivity index is 2.63. The second-order valence-corrected chi connectivity index (χ2v) is 3.47. The van der Waals surface area contributed by atoms with Gasteiger partial charge in [0.05, 0.1) is 10.4 Å². The molecule has 16 heavy (non-hydrogen) atoms. The van der Waals surface area contributed by atoms with E-state index in [2.05, 4.69) is 4.98 Å². The number of pyridine rings is 1. The Morgan fingerprint density at radius 3 is 2.88 bits per heavy atom. The van der Waals surface area contributed by atoms with Crippen molar-refractivity contribution in [3.8, 4) is 0 Å². The summed E-state index contributed by atoms with van der Waals surface area (Å²) in [5.41, 5.74) is 2.52. The number of rotatable bonds is 2. The fourth-order valence-electron chi connectivity index (χ4n) is 1.62. The zero-order chi connectivity index (χ0) is 11.5. The molecule has 0 saturated carbocycles. The molecule has 1 aromatic heterocycles. The van der Waals surface area contributed by atoms with E-state index >= 15 is 0 Å². The molecule has 0 unspecified atom stereocenters. The Morgan fingerprint density at radius 2 is 2.12 bits per heavy atom. The van der Waals surface area contributed by atoms with E-state index in [1.807, 2.05) is 37.3 Å². The Labute approximate surface area is 92.4 Å². The minimum atomic E-state index is -0.468. The number of para-hydroxylation sites is 1. The minimum Gasteiger partial charge on any atom is -0.259 e. The summed E-state index contributed by atoms with van der Waals surface area (Å²) in [5.74, 6) is 0. The maximum atomic E-state index is 10.3. The molecule has 0 aliphatic carbocycles. The van der Waals surface area contributed by atoms with Gasteiger partial charge in [-0.15, -0.1) is 0 Å². The molecule has 0 atom stereocenters. The normalized spacial score (nSPS) is 11.1. The number of fused-ring (bicyclic) bond motifs is 1. The summed E-state index contributed by atoms with van der Waals surface area (Å²) in [4.78, 5) is 14.2. The van der Waals surface area contributed by atoms with E-state index in [4.69, 9.17) is 0 Å². The smallest absolute Gasteiger partial charge is 0.235 e. The van der Waals surface area contributed by atoms with Crippen molar-refractivity contribution in [2.45, 2.75) is 6.92 Å². The lowest BCUT2D eigenvalue weighted by Gasteiger charge is -2.02. The molecular weight excluding hydrogens is 204 g/mol. The van der Waals surface area contributed by atoms with Crippen molar-refractivity contribution >= 4 is 17.0 Å². The first-order valence-electron chi connectivity index (χ1n) is 4.85. The lowest BCUT2D eigenvalue weighted by Crippen LogP contribution is -1.88. The highest BCUT2D eigenvalue weighted by Crippen LogP contribution is 2.19. The molecule has 1 aromatic carbocycles. The third-order valence-electron chi connectivity index (χ3n) is 2.25. The first kappa shape index (κ1) is 10.3. The summed E-state index contributed by atoms with van der Waals surface area (Å²) in [7, 11) is 0. The Hall–Kier alpha value is -2.23. The van der Waals surface area contributed by atoms with Crippen LogP contribution in [0.4, 0.5) is 0 Å². The number of nitrogens with zero attached hydrogens (tertiary/aromatic N) is 2. The van der Waals surface area contributed by atoms with Gasteiger partial charge in [0.1, 0.15) is 0 Å². The molecule has 4 nitrogen and oxygen atoms in total. The third-order valence-corrected chi connectivity index (χ3v) is 2.25.